The van der Waals surface area contributed by atoms with Crippen molar-refractivity contribution in [2.24, 2.45) is 5.92 Å². The molecule has 1 aromatic carbocycles. The van der Waals surface area contributed by atoms with Crippen LogP contribution in [-0.2, 0) is 4.79 Å². The summed E-state index contributed by atoms with van der Waals surface area (Å²) in [7, 11) is 0. The van der Waals surface area contributed by atoms with E-state index in [1.54, 1.807) is 23.1 Å². The maximum Gasteiger partial charge on any atom is 0.308 e. The highest BCUT2D eigenvalue weighted by molar-refractivity contribution is 9.10. The summed E-state index contributed by atoms with van der Waals surface area (Å²) in [4.78, 5) is 24.9. The minimum absolute atomic E-state index is 0.162. The Morgan fingerprint density at radius 2 is 2.16 bits per heavy atom. The van der Waals surface area contributed by atoms with Gasteiger partial charge in [0.2, 0.25) is 0 Å². The van der Waals surface area contributed by atoms with E-state index in [0.29, 0.717) is 30.6 Å². The molecule has 1 fully saturated rings. The van der Waals surface area contributed by atoms with Crippen molar-refractivity contribution < 1.29 is 14.7 Å². The number of rotatable bonds is 2. The molecule has 1 unspecified atom stereocenters. The molecule has 1 amide bonds. The van der Waals surface area contributed by atoms with Gasteiger partial charge in [0.25, 0.3) is 5.91 Å². The molecule has 2 rings (SSSR count). The fourth-order valence-electron chi connectivity index (χ4n) is 2.22. The largest absolute Gasteiger partial charge is 0.481 e. The van der Waals surface area contributed by atoms with Crippen LogP contribution in [0.3, 0.4) is 0 Å². The normalized spacial score (nSPS) is 19.2. The molecule has 1 atom stereocenters. The van der Waals surface area contributed by atoms with Crippen LogP contribution < -0.4 is 5.73 Å². The molecule has 1 aliphatic heterocycles. The maximum absolute atomic E-state index is 12.3. The molecule has 1 aliphatic rings. The Morgan fingerprint density at radius 1 is 1.42 bits per heavy atom. The van der Waals surface area contributed by atoms with Crippen LogP contribution in [-0.4, -0.2) is 35.0 Å². The van der Waals surface area contributed by atoms with Gasteiger partial charge in [0.1, 0.15) is 0 Å². The number of nitrogen functional groups attached to an aromatic ring is 1. The summed E-state index contributed by atoms with van der Waals surface area (Å²) in [6, 6.07) is 5.02. The third kappa shape index (κ3) is 3.07. The molecule has 1 saturated heterocycles. The van der Waals surface area contributed by atoms with Gasteiger partial charge in [0.05, 0.1) is 5.92 Å². The Kier molecular flexibility index (Phi) is 4.09. The number of benzene rings is 1. The molecule has 1 aromatic rings. The zero-order valence-corrected chi connectivity index (χ0v) is 11.9. The average Bonchev–Trinajstić information content (AvgIpc) is 2.41. The third-order valence-electron chi connectivity index (χ3n) is 3.30. The molecule has 6 heteroatoms. The summed E-state index contributed by atoms with van der Waals surface area (Å²) in [5.74, 6) is -1.47. The maximum atomic E-state index is 12.3. The number of carboxylic acids is 1. The third-order valence-corrected chi connectivity index (χ3v) is 4.02. The Balaban J connectivity index is 2.14. The van der Waals surface area contributed by atoms with Crippen LogP contribution in [0.2, 0.25) is 0 Å². The fraction of sp³-hybridized carbons (Fsp3) is 0.385. The smallest absolute Gasteiger partial charge is 0.308 e. The lowest BCUT2D eigenvalue weighted by atomic mass is 9.97. The van der Waals surface area contributed by atoms with Crippen LogP contribution in [0.15, 0.2) is 22.7 Å². The summed E-state index contributed by atoms with van der Waals surface area (Å²) in [6.07, 6.45) is 1.34. The average molecular weight is 327 g/mol. The van der Waals surface area contributed by atoms with Crippen LogP contribution in [0.1, 0.15) is 23.2 Å². The number of amides is 1. The number of piperidine rings is 1. The van der Waals surface area contributed by atoms with E-state index in [0.717, 1.165) is 4.47 Å². The first-order valence-corrected chi connectivity index (χ1v) is 6.85. The number of carboxylic acid groups (broad SMARTS) is 1. The van der Waals surface area contributed by atoms with Gasteiger partial charge in [-0.2, -0.15) is 0 Å². The van der Waals surface area contributed by atoms with E-state index < -0.39 is 11.9 Å². The SMILES string of the molecule is Nc1cc(C(=O)N2CCCC(C(=O)O)C2)ccc1Br. The van der Waals surface area contributed by atoms with E-state index in [9.17, 15) is 9.59 Å². The predicted octanol–water partition coefficient (Wildman–Crippen LogP) is 1.97. The first-order valence-electron chi connectivity index (χ1n) is 6.06. The quantitative estimate of drug-likeness (QED) is 0.814. The lowest BCUT2D eigenvalue weighted by Crippen LogP contribution is -2.42. The molecule has 3 N–H and O–H groups in total. The molecular weight excluding hydrogens is 312 g/mol. The van der Waals surface area contributed by atoms with Crippen molar-refractivity contribution >= 4 is 33.5 Å². The molecule has 0 radical (unpaired) electrons. The highest BCUT2D eigenvalue weighted by atomic mass is 79.9. The molecule has 19 heavy (non-hydrogen) atoms. The molecule has 0 bridgehead atoms. The highest BCUT2D eigenvalue weighted by Gasteiger charge is 2.28. The number of nitrogens with zero attached hydrogens (tertiary/aromatic N) is 1. The van der Waals surface area contributed by atoms with Crippen LogP contribution in [0.25, 0.3) is 0 Å². The molecule has 0 aliphatic carbocycles. The second-order valence-electron chi connectivity index (χ2n) is 4.66. The standard InChI is InChI=1S/C13H15BrN2O3/c14-10-4-3-8(6-11(10)15)12(17)16-5-1-2-9(7-16)13(18)19/h3-4,6,9H,1-2,5,7,15H2,(H,18,19). The lowest BCUT2D eigenvalue weighted by molar-refractivity contribution is -0.143. The highest BCUT2D eigenvalue weighted by Crippen LogP contribution is 2.23. The molecule has 102 valence electrons. The first kappa shape index (κ1) is 13.9. The number of likely N-dealkylation sites (tertiary alicyclic amines) is 1. The summed E-state index contributed by atoms with van der Waals surface area (Å²) in [5, 5.41) is 9.02. The molecule has 0 spiro atoms. The van der Waals surface area contributed by atoms with Crippen molar-refractivity contribution in [1.29, 1.82) is 0 Å². The van der Waals surface area contributed by atoms with Gasteiger partial charge in [0, 0.05) is 28.8 Å². The van der Waals surface area contributed by atoms with Gasteiger partial charge < -0.3 is 15.7 Å². The van der Waals surface area contributed by atoms with Crippen molar-refractivity contribution in [3.63, 3.8) is 0 Å². The molecule has 0 saturated carbocycles. The predicted molar refractivity (Wildman–Crippen MR) is 74.8 cm³/mol. The van der Waals surface area contributed by atoms with E-state index >= 15 is 0 Å². The van der Waals surface area contributed by atoms with Gasteiger partial charge in [-0.25, -0.2) is 0 Å². The van der Waals surface area contributed by atoms with Crippen LogP contribution in [0.5, 0.6) is 0 Å². The second-order valence-corrected chi connectivity index (χ2v) is 5.52. The zero-order valence-electron chi connectivity index (χ0n) is 10.3. The van der Waals surface area contributed by atoms with Crippen LogP contribution in [0, 0.1) is 5.92 Å². The monoisotopic (exact) mass is 326 g/mol. The Hall–Kier alpha value is -1.56. The topological polar surface area (TPSA) is 83.6 Å². The van der Waals surface area contributed by atoms with Crippen molar-refractivity contribution in [3.8, 4) is 0 Å². The van der Waals surface area contributed by atoms with E-state index in [-0.39, 0.29) is 12.5 Å². The van der Waals surface area contributed by atoms with Gasteiger partial charge in [-0.3, -0.25) is 9.59 Å². The van der Waals surface area contributed by atoms with Crippen molar-refractivity contribution in [1.82, 2.24) is 4.90 Å². The summed E-state index contributed by atoms with van der Waals surface area (Å²) < 4.78 is 0.742. The van der Waals surface area contributed by atoms with Gasteiger partial charge in [-0.05, 0) is 47.0 Å². The number of hydrogen-bond acceptors (Lipinski definition) is 3. The fourth-order valence-corrected chi connectivity index (χ4v) is 2.47. The van der Waals surface area contributed by atoms with Crippen molar-refractivity contribution in [2.75, 3.05) is 18.8 Å². The number of halogens is 1. The Morgan fingerprint density at radius 3 is 2.79 bits per heavy atom. The minimum atomic E-state index is -0.840. The Labute approximate surface area is 119 Å². The van der Waals surface area contributed by atoms with Crippen molar-refractivity contribution in [3.05, 3.63) is 28.2 Å². The number of carbonyl (C=O) groups is 2. The number of nitrogens with two attached hydrogens (primary N) is 1. The van der Waals surface area contributed by atoms with Gasteiger partial charge in [-0.1, -0.05) is 0 Å². The van der Waals surface area contributed by atoms with Crippen molar-refractivity contribution in [2.45, 2.75) is 12.8 Å². The van der Waals surface area contributed by atoms with E-state index in [4.69, 9.17) is 10.8 Å². The Bertz CT molecular complexity index is 519. The van der Waals surface area contributed by atoms with Gasteiger partial charge >= 0.3 is 5.97 Å². The number of carbonyl (C=O) groups excluding carboxylic acids is 1. The van der Waals surface area contributed by atoms with E-state index in [2.05, 4.69) is 15.9 Å². The summed E-state index contributed by atoms with van der Waals surface area (Å²) in [6.45, 7) is 0.864. The van der Waals surface area contributed by atoms with E-state index in [1.807, 2.05) is 0 Å². The summed E-state index contributed by atoms with van der Waals surface area (Å²) >= 11 is 3.28. The molecule has 0 aromatic heterocycles. The zero-order chi connectivity index (χ0) is 14.0. The van der Waals surface area contributed by atoms with Gasteiger partial charge in [0.15, 0.2) is 0 Å². The van der Waals surface area contributed by atoms with E-state index in [1.165, 1.54) is 0 Å². The van der Waals surface area contributed by atoms with Crippen LogP contribution >= 0.6 is 15.9 Å². The summed E-state index contributed by atoms with van der Waals surface area (Å²) in [5.41, 5.74) is 6.74. The second kappa shape index (κ2) is 5.61. The molecule has 1 heterocycles. The number of hydrogen-bond donors (Lipinski definition) is 2. The lowest BCUT2D eigenvalue weighted by Gasteiger charge is -2.30. The molecule has 5 nitrogen and oxygen atoms in total. The van der Waals surface area contributed by atoms with Crippen LogP contribution in [0.4, 0.5) is 5.69 Å². The number of anilines is 1. The molecular formula is C13H15BrN2O3. The minimum Gasteiger partial charge on any atom is -0.481 e. The first-order chi connectivity index (χ1) is 8.99. The number of aliphatic carboxylic acids is 1. The van der Waals surface area contributed by atoms with Gasteiger partial charge in [-0.15, -0.1) is 0 Å².